The molecule has 336 valence electrons. The summed E-state index contributed by atoms with van der Waals surface area (Å²) >= 11 is 6.88. The molecule has 8 atom stereocenters. The number of carbonyl (C=O) groups is 4. The molecule has 2 aromatic heterocycles. The van der Waals surface area contributed by atoms with Gasteiger partial charge in [-0.05, 0) is 60.8 Å². The molecule has 2 saturated heterocycles. The van der Waals surface area contributed by atoms with E-state index in [4.69, 9.17) is 40.5 Å². The molecule has 4 amide bonds. The number of alkyl carbamates (subject to hydrolysis) is 2. The zero-order valence-corrected chi connectivity index (χ0v) is 37.9. The number of halogens is 1. The number of nitrogens with one attached hydrogen (secondary N) is 4. The van der Waals surface area contributed by atoms with E-state index in [0.717, 1.165) is 51.2 Å². The monoisotopic (exact) mass is 884 g/mol. The predicted octanol–water partition coefficient (Wildman–Crippen LogP) is 7.93. The first-order chi connectivity index (χ1) is 30.2. The Kier molecular flexibility index (Phi) is 12.4. The van der Waals surface area contributed by atoms with Crippen LogP contribution in [0, 0.1) is 23.7 Å². The summed E-state index contributed by atoms with van der Waals surface area (Å²) in [4.78, 5) is 72.6. The van der Waals surface area contributed by atoms with E-state index in [1.165, 1.54) is 14.2 Å². The van der Waals surface area contributed by atoms with E-state index in [-0.39, 0.29) is 52.7 Å². The van der Waals surface area contributed by atoms with Gasteiger partial charge in [0.2, 0.25) is 11.8 Å². The number of amides is 4. The molecule has 0 unspecified atom stereocenters. The van der Waals surface area contributed by atoms with Crippen LogP contribution in [0.4, 0.5) is 9.59 Å². The number of carbonyl (C=O) groups excluding carboxylic acids is 4. The molecule has 0 bridgehead atoms. The van der Waals surface area contributed by atoms with E-state index in [2.05, 4.69) is 40.5 Å². The molecular formula is C46H57ClN8O8. The largest absolute Gasteiger partial charge is 0.488 e. The highest BCUT2D eigenvalue weighted by Gasteiger charge is 2.43. The van der Waals surface area contributed by atoms with Gasteiger partial charge < -0.3 is 49.3 Å². The second kappa shape index (κ2) is 17.8. The Morgan fingerprint density at radius 2 is 1.27 bits per heavy atom. The fourth-order valence-electron chi connectivity index (χ4n) is 9.54. The van der Waals surface area contributed by atoms with Gasteiger partial charge in [-0.3, -0.25) is 9.59 Å². The third-order valence-corrected chi connectivity index (χ3v) is 13.6. The second-order valence-corrected chi connectivity index (χ2v) is 18.1. The summed E-state index contributed by atoms with van der Waals surface area (Å²) in [5.74, 6) is 2.60. The number of imidazole rings is 2. The first-order valence-corrected chi connectivity index (χ1v) is 22.3. The van der Waals surface area contributed by atoms with Gasteiger partial charge in [0.25, 0.3) is 0 Å². The Hall–Kier alpha value is -5.77. The van der Waals surface area contributed by atoms with Gasteiger partial charge in [0, 0.05) is 46.5 Å². The van der Waals surface area contributed by atoms with Crippen LogP contribution in [0.25, 0.3) is 33.6 Å². The highest BCUT2D eigenvalue weighted by molar-refractivity contribution is 6.32. The average molecular weight is 885 g/mol. The molecule has 63 heavy (non-hydrogen) atoms. The number of hydrogen-bond acceptors (Lipinski definition) is 10. The number of aromatic amines is 2. The maximum absolute atomic E-state index is 14.0. The van der Waals surface area contributed by atoms with E-state index in [1.54, 1.807) is 11.1 Å². The Morgan fingerprint density at radius 3 is 1.78 bits per heavy atom. The fourth-order valence-corrected chi connectivity index (χ4v) is 9.79. The Morgan fingerprint density at radius 1 is 0.778 bits per heavy atom. The number of hydrogen-bond donors (Lipinski definition) is 4. The van der Waals surface area contributed by atoms with Gasteiger partial charge in [0.1, 0.15) is 48.4 Å². The van der Waals surface area contributed by atoms with Crippen LogP contribution in [0.5, 0.6) is 11.5 Å². The predicted molar refractivity (Wildman–Crippen MR) is 235 cm³/mol. The normalized spacial score (nSPS) is 21.7. The molecule has 16 nitrogen and oxygen atoms in total. The molecule has 4 N–H and O–H groups in total. The maximum atomic E-state index is 14.0. The van der Waals surface area contributed by atoms with Crippen molar-refractivity contribution in [2.75, 3.05) is 27.3 Å². The first kappa shape index (κ1) is 43.9. The Bertz CT molecular complexity index is 2370. The summed E-state index contributed by atoms with van der Waals surface area (Å²) in [7, 11) is 2.58. The average Bonchev–Trinajstić information content (AvgIpc) is 4.11. The number of aromatic nitrogens is 4. The minimum Gasteiger partial charge on any atom is -0.488 e. The van der Waals surface area contributed by atoms with Crippen LogP contribution < -0.4 is 20.1 Å². The van der Waals surface area contributed by atoms with Crippen molar-refractivity contribution in [3.05, 3.63) is 58.4 Å². The number of rotatable bonds is 12. The third kappa shape index (κ3) is 8.29. The van der Waals surface area contributed by atoms with Crippen molar-refractivity contribution in [1.29, 1.82) is 0 Å². The highest BCUT2D eigenvalue weighted by Crippen LogP contribution is 2.51. The minimum absolute atomic E-state index is 0.0910. The van der Waals surface area contributed by atoms with E-state index in [1.807, 2.05) is 50.8 Å². The van der Waals surface area contributed by atoms with Crippen molar-refractivity contribution < 1.29 is 38.1 Å². The summed E-state index contributed by atoms with van der Waals surface area (Å²) < 4.78 is 22.6. The summed E-state index contributed by atoms with van der Waals surface area (Å²) in [6.07, 6.45) is 3.33. The molecule has 0 spiro atoms. The molecule has 4 aliphatic rings. The molecule has 0 aliphatic carbocycles. The minimum atomic E-state index is -0.748. The molecule has 2 fully saturated rings. The Labute approximate surface area is 372 Å². The van der Waals surface area contributed by atoms with Gasteiger partial charge >= 0.3 is 12.2 Å². The van der Waals surface area contributed by atoms with E-state index in [0.29, 0.717) is 68.7 Å². The lowest BCUT2D eigenvalue weighted by Gasteiger charge is -2.31. The van der Waals surface area contributed by atoms with Crippen molar-refractivity contribution in [3.63, 3.8) is 0 Å². The molecule has 4 aromatic rings. The Balaban J connectivity index is 1.04. The zero-order valence-electron chi connectivity index (χ0n) is 37.1. The molecule has 4 aliphatic heterocycles. The standard InChI is InChI=1S/C46H57ClN8O8/c1-9-24(5)37(51-45(58)60-7)43(56)54-18-22(3)11-31(54)41-48-17-30(49-41)26-13-28-20-63-34-16-27(14-29-21-62-33(15-26)35(28)36(29)34)39-40(47)53-42(50-39)32-12-23(4)19-55(32)44(57)38(25(6)10-2)52-46(59)61-8/h13-17,22-25,31-32,37-38H,9-12,18-21H2,1-8H3,(H,48,49)(H,50,53)(H,51,58)(H,52,59)/t22-,23-,24-,25-,31-,32-,37-,38-/m0/s1. The van der Waals surface area contributed by atoms with Crippen LogP contribution in [0.2, 0.25) is 5.15 Å². The van der Waals surface area contributed by atoms with Crippen LogP contribution in [0.3, 0.4) is 0 Å². The smallest absolute Gasteiger partial charge is 0.407 e. The van der Waals surface area contributed by atoms with Crippen LogP contribution >= 0.6 is 11.6 Å². The zero-order chi connectivity index (χ0) is 44.9. The summed E-state index contributed by atoms with van der Waals surface area (Å²) in [5, 5.41) is 5.80. The summed E-state index contributed by atoms with van der Waals surface area (Å²) in [6.45, 7) is 13.7. The number of likely N-dealkylation sites (tertiary alicyclic amines) is 2. The van der Waals surface area contributed by atoms with Crippen LogP contribution in [0.1, 0.15) is 102 Å². The first-order valence-electron chi connectivity index (χ1n) is 21.9. The lowest BCUT2D eigenvalue weighted by molar-refractivity contribution is -0.136. The van der Waals surface area contributed by atoms with Crippen LogP contribution in [0.15, 0.2) is 30.5 Å². The van der Waals surface area contributed by atoms with Gasteiger partial charge in [-0.25, -0.2) is 19.6 Å². The lowest BCUT2D eigenvalue weighted by Crippen LogP contribution is -2.51. The number of H-pyrrole nitrogens is 2. The van der Waals surface area contributed by atoms with Crippen molar-refractivity contribution >= 4 is 35.6 Å². The lowest BCUT2D eigenvalue weighted by atomic mass is 9.87. The summed E-state index contributed by atoms with van der Waals surface area (Å²) in [5.41, 5.74) is 6.91. The fraction of sp³-hybridized carbons (Fsp3) is 0.522. The van der Waals surface area contributed by atoms with Gasteiger partial charge in [-0.2, -0.15) is 0 Å². The maximum Gasteiger partial charge on any atom is 0.407 e. The van der Waals surface area contributed by atoms with Crippen molar-refractivity contribution in [2.45, 2.75) is 105 Å². The number of methoxy groups -OCH3 is 2. The van der Waals surface area contributed by atoms with Crippen molar-refractivity contribution in [3.8, 4) is 45.1 Å². The highest BCUT2D eigenvalue weighted by atomic mass is 35.5. The van der Waals surface area contributed by atoms with E-state index in [9.17, 15) is 19.2 Å². The van der Waals surface area contributed by atoms with Gasteiger partial charge in [0.05, 0.1) is 43.9 Å². The molecule has 6 heterocycles. The topological polar surface area (TPSA) is 193 Å². The quantitative estimate of drug-likeness (QED) is 0.109. The van der Waals surface area contributed by atoms with Gasteiger partial charge in [-0.1, -0.05) is 66.0 Å². The third-order valence-electron chi connectivity index (χ3n) is 13.4. The van der Waals surface area contributed by atoms with Crippen LogP contribution in [-0.2, 0) is 32.3 Å². The van der Waals surface area contributed by atoms with Gasteiger partial charge in [-0.15, -0.1) is 0 Å². The number of nitrogens with zero attached hydrogens (tertiary/aromatic N) is 4. The second-order valence-electron chi connectivity index (χ2n) is 17.8. The molecule has 8 rings (SSSR count). The van der Waals surface area contributed by atoms with Crippen molar-refractivity contribution in [2.24, 2.45) is 23.7 Å². The van der Waals surface area contributed by atoms with Crippen LogP contribution in [-0.4, -0.2) is 93.1 Å². The van der Waals surface area contributed by atoms with E-state index < -0.39 is 24.3 Å². The summed E-state index contributed by atoms with van der Waals surface area (Å²) in [6, 6.07) is 6.00. The molecule has 0 radical (unpaired) electrons. The molecule has 2 aromatic carbocycles. The number of ether oxygens (including phenoxy) is 4. The molecule has 17 heteroatoms. The van der Waals surface area contributed by atoms with Crippen molar-refractivity contribution in [1.82, 2.24) is 40.4 Å². The molecule has 0 saturated carbocycles. The van der Waals surface area contributed by atoms with E-state index >= 15 is 0 Å². The SMILES string of the molecule is CC[C@H](C)[C@H](NC(=O)OC)C(=O)N1C[C@@H](C)C[C@H]1c1ncc(-c2cc3c4c(c2)OCc2cc(-c5[nH]c([C@@H]6C[C@H](C)CN6C(=O)[C@@H](NC(=O)OC)[C@@H](C)CC)nc5Cl)cc(c2-4)OC3)[nH]1. The molecular weight excluding hydrogens is 828 g/mol. The number of benzene rings is 2. The van der Waals surface area contributed by atoms with Gasteiger partial charge in [0.15, 0.2) is 5.15 Å².